The summed E-state index contributed by atoms with van der Waals surface area (Å²) in [5.41, 5.74) is 6.43. The zero-order valence-electron chi connectivity index (χ0n) is 20.0. The number of ketones is 1. The van der Waals surface area contributed by atoms with Crippen LogP contribution in [0.3, 0.4) is 0 Å². The lowest BCUT2D eigenvalue weighted by Crippen LogP contribution is -2.09. The highest BCUT2D eigenvalue weighted by atomic mass is 16.1. The van der Waals surface area contributed by atoms with E-state index in [1.54, 1.807) is 0 Å². The minimum Gasteiger partial charge on any atom is -0.367 e. The van der Waals surface area contributed by atoms with E-state index in [9.17, 15) is 4.79 Å². The van der Waals surface area contributed by atoms with Crippen LogP contribution in [0.4, 0.5) is 5.82 Å². The summed E-state index contributed by atoms with van der Waals surface area (Å²) < 4.78 is 2.08. The van der Waals surface area contributed by atoms with Gasteiger partial charge < -0.3 is 5.32 Å². The van der Waals surface area contributed by atoms with E-state index < -0.39 is 0 Å². The Morgan fingerprint density at radius 3 is 2.47 bits per heavy atom. The summed E-state index contributed by atoms with van der Waals surface area (Å²) in [5, 5.41) is 3.48. The van der Waals surface area contributed by atoms with Crippen LogP contribution < -0.4 is 5.32 Å². The number of pyridine rings is 1. The molecule has 0 amide bonds. The molecule has 0 unspecified atom stereocenters. The van der Waals surface area contributed by atoms with Crippen LogP contribution in [-0.4, -0.2) is 31.7 Å². The molecule has 0 saturated heterocycles. The number of nitrogens with zero attached hydrogens (tertiary/aromatic N) is 4. The second-order valence-corrected chi connectivity index (χ2v) is 9.32. The van der Waals surface area contributed by atoms with Gasteiger partial charge in [-0.15, -0.1) is 0 Å². The van der Waals surface area contributed by atoms with Crippen molar-refractivity contribution in [1.29, 1.82) is 0 Å². The van der Waals surface area contributed by atoms with E-state index in [2.05, 4.69) is 26.8 Å². The van der Waals surface area contributed by atoms with Crippen molar-refractivity contribution in [3.63, 3.8) is 0 Å². The van der Waals surface area contributed by atoms with Crippen LogP contribution in [0.1, 0.15) is 35.3 Å². The monoisotopic (exact) mass is 473 g/mol. The highest BCUT2D eigenvalue weighted by Crippen LogP contribution is 2.34. The average Bonchev–Trinajstić information content (AvgIpc) is 3.64. The molecular formula is C30H27N5O. The average molecular weight is 474 g/mol. The SMILES string of the molecule is O=C(CC1CC1)c1ccc(-c2cnc3c(NCCc4ccccn4)nc(-c4ccccc4)cn23)cc1. The molecule has 0 spiro atoms. The van der Waals surface area contributed by atoms with Crippen LogP contribution in [0.25, 0.3) is 28.2 Å². The number of fused-ring (bicyclic) bond motifs is 1. The standard InChI is InChI=1S/C30H27N5O/c36-28(18-21-9-10-21)24-13-11-23(12-14-24)27-19-33-30-29(32-17-15-25-8-4-5-16-31-25)34-26(20-35(27)30)22-6-2-1-3-7-22/h1-8,11-14,16,19-21H,9-10,15,17-18H2,(H,32,34). The van der Waals surface area contributed by atoms with Gasteiger partial charge in [-0.05, 0) is 30.9 Å². The fourth-order valence-corrected chi connectivity index (χ4v) is 4.45. The number of carbonyl (C=O) groups excluding carboxylic acids is 1. The highest BCUT2D eigenvalue weighted by Gasteiger charge is 2.25. The number of nitrogens with one attached hydrogen (secondary N) is 1. The first-order valence-corrected chi connectivity index (χ1v) is 12.5. The van der Waals surface area contributed by atoms with Crippen molar-refractivity contribution in [2.24, 2.45) is 5.92 Å². The Morgan fingerprint density at radius 1 is 0.917 bits per heavy atom. The van der Waals surface area contributed by atoms with Gasteiger partial charge in [0.2, 0.25) is 0 Å². The van der Waals surface area contributed by atoms with E-state index in [0.717, 1.165) is 51.7 Å². The lowest BCUT2D eigenvalue weighted by atomic mass is 10.0. The molecule has 5 aromatic rings. The quantitative estimate of drug-likeness (QED) is 0.262. The predicted octanol–water partition coefficient (Wildman–Crippen LogP) is 6.10. The molecule has 6 nitrogen and oxygen atoms in total. The minimum absolute atomic E-state index is 0.233. The molecule has 0 aliphatic heterocycles. The van der Waals surface area contributed by atoms with Crippen molar-refractivity contribution >= 4 is 17.2 Å². The maximum atomic E-state index is 12.5. The third kappa shape index (κ3) is 4.75. The Morgan fingerprint density at radius 2 is 1.72 bits per heavy atom. The Labute approximate surface area is 210 Å². The van der Waals surface area contributed by atoms with Crippen molar-refractivity contribution < 1.29 is 4.79 Å². The molecule has 3 heterocycles. The summed E-state index contributed by atoms with van der Waals surface area (Å²) in [7, 11) is 0. The van der Waals surface area contributed by atoms with E-state index in [4.69, 9.17) is 9.97 Å². The Balaban J connectivity index is 1.33. The van der Waals surface area contributed by atoms with Crippen molar-refractivity contribution in [2.45, 2.75) is 25.7 Å². The molecule has 6 heteroatoms. The zero-order valence-corrected chi connectivity index (χ0v) is 20.0. The zero-order chi connectivity index (χ0) is 24.3. The highest BCUT2D eigenvalue weighted by molar-refractivity contribution is 5.96. The molecule has 3 aromatic heterocycles. The van der Waals surface area contributed by atoms with Crippen LogP contribution in [0.2, 0.25) is 0 Å². The van der Waals surface area contributed by atoms with Crippen molar-refractivity contribution in [2.75, 3.05) is 11.9 Å². The van der Waals surface area contributed by atoms with Crippen molar-refractivity contribution in [3.8, 4) is 22.5 Å². The maximum Gasteiger partial charge on any atom is 0.180 e. The van der Waals surface area contributed by atoms with Gasteiger partial charge in [0.05, 0.1) is 17.6 Å². The van der Waals surface area contributed by atoms with Gasteiger partial charge in [0.15, 0.2) is 17.2 Å². The molecule has 0 atom stereocenters. The van der Waals surface area contributed by atoms with Crippen LogP contribution in [-0.2, 0) is 6.42 Å². The summed E-state index contributed by atoms with van der Waals surface area (Å²) in [6.07, 6.45) is 9.53. The normalized spacial score (nSPS) is 13.1. The van der Waals surface area contributed by atoms with Crippen molar-refractivity contribution in [1.82, 2.24) is 19.4 Å². The molecule has 178 valence electrons. The Kier molecular flexibility index (Phi) is 6.00. The first-order chi connectivity index (χ1) is 17.7. The molecule has 1 aliphatic rings. The van der Waals surface area contributed by atoms with Gasteiger partial charge in [-0.1, -0.05) is 60.7 Å². The first-order valence-electron chi connectivity index (χ1n) is 12.5. The fraction of sp³-hybridized carbons (Fsp3) is 0.200. The lowest BCUT2D eigenvalue weighted by Gasteiger charge is -2.11. The van der Waals surface area contributed by atoms with E-state index in [1.165, 1.54) is 12.8 Å². The minimum atomic E-state index is 0.233. The van der Waals surface area contributed by atoms with Crippen molar-refractivity contribution in [3.05, 3.63) is 103 Å². The molecular weight excluding hydrogens is 446 g/mol. The summed E-state index contributed by atoms with van der Waals surface area (Å²) in [6.45, 7) is 0.692. The third-order valence-corrected chi connectivity index (χ3v) is 6.64. The summed E-state index contributed by atoms with van der Waals surface area (Å²) in [6, 6.07) is 24.0. The van der Waals surface area contributed by atoms with Gasteiger partial charge in [-0.2, -0.15) is 0 Å². The maximum absolute atomic E-state index is 12.5. The van der Waals surface area contributed by atoms with E-state index in [0.29, 0.717) is 18.9 Å². The van der Waals surface area contributed by atoms with E-state index in [1.807, 2.05) is 79.3 Å². The van der Waals surface area contributed by atoms with E-state index in [-0.39, 0.29) is 5.78 Å². The van der Waals surface area contributed by atoms with Gasteiger partial charge >= 0.3 is 0 Å². The van der Waals surface area contributed by atoms with Crippen LogP contribution in [0.15, 0.2) is 91.4 Å². The summed E-state index contributed by atoms with van der Waals surface area (Å²) >= 11 is 0. The van der Waals surface area contributed by atoms with Crippen LogP contribution in [0.5, 0.6) is 0 Å². The Bertz CT molecular complexity index is 1490. The van der Waals surface area contributed by atoms with Crippen LogP contribution >= 0.6 is 0 Å². The number of carbonyl (C=O) groups is 1. The molecule has 6 rings (SSSR count). The van der Waals surface area contributed by atoms with Crippen LogP contribution in [0, 0.1) is 5.92 Å². The van der Waals surface area contributed by atoms with Gasteiger partial charge in [0.25, 0.3) is 0 Å². The second kappa shape index (κ2) is 9.74. The second-order valence-electron chi connectivity index (χ2n) is 9.32. The number of rotatable bonds is 9. The van der Waals surface area contributed by atoms with Gasteiger partial charge in [-0.3, -0.25) is 14.2 Å². The van der Waals surface area contributed by atoms with E-state index >= 15 is 0 Å². The lowest BCUT2D eigenvalue weighted by molar-refractivity contribution is 0.0976. The predicted molar refractivity (Wildman–Crippen MR) is 142 cm³/mol. The molecule has 1 N–H and O–H groups in total. The molecule has 36 heavy (non-hydrogen) atoms. The van der Waals surface area contributed by atoms with Gasteiger partial charge in [-0.25, -0.2) is 9.97 Å². The van der Waals surface area contributed by atoms with Gasteiger partial charge in [0.1, 0.15) is 0 Å². The van der Waals surface area contributed by atoms with Gasteiger partial charge in [0, 0.05) is 54.2 Å². The summed E-state index contributed by atoms with van der Waals surface area (Å²) in [4.78, 5) is 26.6. The number of hydrogen-bond donors (Lipinski definition) is 1. The molecule has 1 saturated carbocycles. The summed E-state index contributed by atoms with van der Waals surface area (Å²) in [5.74, 6) is 1.55. The number of aromatic nitrogens is 4. The third-order valence-electron chi connectivity index (χ3n) is 6.64. The molecule has 0 radical (unpaired) electrons. The molecule has 0 bridgehead atoms. The largest absolute Gasteiger partial charge is 0.367 e. The molecule has 1 fully saturated rings. The first kappa shape index (κ1) is 22.2. The number of imidazole rings is 1. The molecule has 1 aliphatic carbocycles. The number of benzene rings is 2. The fourth-order valence-electron chi connectivity index (χ4n) is 4.45. The number of hydrogen-bond acceptors (Lipinski definition) is 5. The molecule has 2 aromatic carbocycles. The smallest absolute Gasteiger partial charge is 0.180 e. The topological polar surface area (TPSA) is 72.2 Å². The number of Topliss-reactive ketones (excluding diaryl/α,β-unsaturated/α-hetero) is 1. The Hall–Kier alpha value is -4.32. The number of anilines is 1.